The first-order valence-electron chi connectivity index (χ1n) is 7.46. The van der Waals surface area contributed by atoms with E-state index < -0.39 is 0 Å². The quantitative estimate of drug-likeness (QED) is 0.682. The van der Waals surface area contributed by atoms with Crippen LogP contribution in [0.2, 0.25) is 5.02 Å². The highest BCUT2D eigenvalue weighted by Crippen LogP contribution is 2.23. The van der Waals surface area contributed by atoms with Gasteiger partial charge in [0.1, 0.15) is 28.0 Å². The number of hydrogen-bond acceptors (Lipinski definition) is 5. The van der Waals surface area contributed by atoms with Gasteiger partial charge >= 0.3 is 0 Å². The van der Waals surface area contributed by atoms with Crippen LogP contribution in [0.5, 0.6) is 11.5 Å². The van der Waals surface area contributed by atoms with E-state index in [0.717, 1.165) is 0 Å². The maximum absolute atomic E-state index is 12.4. The van der Waals surface area contributed by atoms with Crippen molar-refractivity contribution in [3.63, 3.8) is 0 Å². The molecule has 3 rings (SSSR count). The van der Waals surface area contributed by atoms with Crippen LogP contribution in [0.3, 0.4) is 0 Å². The highest BCUT2D eigenvalue weighted by atomic mass is 35.5. The largest absolute Gasteiger partial charge is 0.508 e. The lowest BCUT2D eigenvalue weighted by molar-refractivity contribution is 0.103. The highest BCUT2D eigenvalue weighted by Gasteiger charge is 2.16. The fourth-order valence-corrected chi connectivity index (χ4v) is 3.17. The van der Waals surface area contributed by atoms with Gasteiger partial charge in [-0.1, -0.05) is 17.7 Å². The van der Waals surface area contributed by atoms with Crippen LogP contribution in [-0.4, -0.2) is 16.0 Å². The van der Waals surface area contributed by atoms with E-state index in [1.807, 2.05) is 0 Å². The van der Waals surface area contributed by atoms with Gasteiger partial charge < -0.3 is 15.2 Å². The van der Waals surface area contributed by atoms with Crippen LogP contribution in [-0.2, 0) is 6.61 Å². The predicted octanol–water partition coefficient (Wildman–Crippen LogP) is 4.64. The molecule has 2 N–H and O–H groups in total. The molecule has 2 aromatic carbocycles. The summed E-state index contributed by atoms with van der Waals surface area (Å²) in [5.74, 6) is 0.511. The third-order valence-electron chi connectivity index (χ3n) is 3.33. The summed E-state index contributed by atoms with van der Waals surface area (Å²) in [7, 11) is 0. The van der Waals surface area contributed by atoms with Gasteiger partial charge in [-0.2, -0.15) is 0 Å². The Bertz CT molecular complexity index is 894. The minimum absolute atomic E-state index is 0.0934. The van der Waals surface area contributed by atoms with Crippen LogP contribution >= 0.6 is 22.9 Å². The number of phenolic OH excluding ortho intramolecular Hbond substituents is 1. The Morgan fingerprint density at radius 3 is 2.76 bits per heavy atom. The number of anilines is 1. The van der Waals surface area contributed by atoms with Crippen LogP contribution < -0.4 is 10.1 Å². The summed E-state index contributed by atoms with van der Waals surface area (Å²) in [5.41, 5.74) is 1.16. The number of aryl methyl sites for hydroxylation is 1. The molecule has 1 heterocycles. The number of carbonyl (C=O) groups excluding carboxylic acids is 1. The van der Waals surface area contributed by atoms with Crippen molar-refractivity contribution >= 4 is 34.5 Å². The van der Waals surface area contributed by atoms with Crippen LogP contribution in [0, 0.1) is 6.92 Å². The SMILES string of the molecule is Cc1nc(COc2ccc(Cl)cc2)sc1C(=O)Nc1cccc(O)c1. The second-order valence-electron chi connectivity index (χ2n) is 5.27. The zero-order chi connectivity index (χ0) is 17.8. The van der Waals surface area contributed by atoms with Crippen molar-refractivity contribution < 1.29 is 14.6 Å². The number of amides is 1. The molecule has 0 aliphatic heterocycles. The monoisotopic (exact) mass is 374 g/mol. The van der Waals surface area contributed by atoms with Crippen molar-refractivity contribution in [3.05, 3.63) is 69.1 Å². The first kappa shape index (κ1) is 17.3. The number of hydrogen-bond donors (Lipinski definition) is 2. The minimum Gasteiger partial charge on any atom is -0.508 e. The van der Waals surface area contributed by atoms with Gasteiger partial charge in [0, 0.05) is 16.8 Å². The number of rotatable bonds is 5. The maximum Gasteiger partial charge on any atom is 0.267 e. The van der Waals surface area contributed by atoms with E-state index in [0.29, 0.717) is 32.0 Å². The summed E-state index contributed by atoms with van der Waals surface area (Å²) in [6.07, 6.45) is 0. The number of thiazole rings is 1. The molecule has 0 atom stereocenters. The van der Waals surface area contributed by atoms with E-state index >= 15 is 0 Å². The fourth-order valence-electron chi connectivity index (χ4n) is 2.17. The summed E-state index contributed by atoms with van der Waals surface area (Å²) in [4.78, 5) is 17.3. The van der Waals surface area contributed by atoms with E-state index in [-0.39, 0.29) is 18.3 Å². The molecule has 0 fully saturated rings. The van der Waals surface area contributed by atoms with Crippen LogP contribution in [0.1, 0.15) is 20.4 Å². The predicted molar refractivity (Wildman–Crippen MR) is 98.7 cm³/mol. The first-order chi connectivity index (χ1) is 12.0. The molecule has 0 radical (unpaired) electrons. The highest BCUT2D eigenvalue weighted by molar-refractivity contribution is 7.13. The average Bonchev–Trinajstić information content (AvgIpc) is 2.95. The number of phenols is 1. The van der Waals surface area contributed by atoms with Gasteiger partial charge in [-0.3, -0.25) is 4.79 Å². The summed E-state index contributed by atoms with van der Waals surface area (Å²) >= 11 is 7.11. The third kappa shape index (κ3) is 4.49. The number of nitrogens with one attached hydrogen (secondary N) is 1. The number of aromatic hydroxyl groups is 1. The van der Waals surface area contributed by atoms with Crippen molar-refractivity contribution in [3.8, 4) is 11.5 Å². The van der Waals surface area contributed by atoms with Gasteiger partial charge in [0.15, 0.2) is 0 Å². The van der Waals surface area contributed by atoms with Gasteiger partial charge in [-0.05, 0) is 43.3 Å². The van der Waals surface area contributed by atoms with Crippen molar-refractivity contribution in [2.75, 3.05) is 5.32 Å². The Kier molecular flexibility index (Phi) is 5.21. The van der Waals surface area contributed by atoms with Gasteiger partial charge in [0.25, 0.3) is 5.91 Å². The number of aromatic nitrogens is 1. The van der Waals surface area contributed by atoms with Crippen LogP contribution in [0.25, 0.3) is 0 Å². The zero-order valence-electron chi connectivity index (χ0n) is 13.3. The molecule has 0 aliphatic carbocycles. The molecule has 0 saturated carbocycles. The number of halogens is 1. The Labute approximate surface area is 153 Å². The normalized spacial score (nSPS) is 10.5. The number of benzene rings is 2. The summed E-state index contributed by atoms with van der Waals surface area (Å²) < 4.78 is 5.65. The molecule has 1 aromatic heterocycles. The van der Waals surface area contributed by atoms with Gasteiger partial charge in [-0.25, -0.2) is 4.98 Å². The average molecular weight is 375 g/mol. The van der Waals surface area contributed by atoms with E-state index in [1.165, 1.54) is 17.4 Å². The molecule has 0 saturated heterocycles. The standard InChI is InChI=1S/C18H15ClN2O3S/c1-11-17(18(23)21-13-3-2-4-14(22)9-13)25-16(20-11)10-24-15-7-5-12(19)6-8-15/h2-9,22H,10H2,1H3,(H,21,23). The third-order valence-corrected chi connectivity index (χ3v) is 4.71. The number of nitrogens with zero attached hydrogens (tertiary/aromatic N) is 1. The van der Waals surface area contributed by atoms with E-state index in [9.17, 15) is 9.90 Å². The molecule has 0 spiro atoms. The zero-order valence-corrected chi connectivity index (χ0v) is 14.9. The smallest absolute Gasteiger partial charge is 0.267 e. The Morgan fingerprint density at radius 1 is 1.28 bits per heavy atom. The molecule has 0 aliphatic rings. The van der Waals surface area contributed by atoms with Crippen LogP contribution in [0.4, 0.5) is 5.69 Å². The lowest BCUT2D eigenvalue weighted by atomic mass is 10.3. The Balaban J connectivity index is 1.67. The van der Waals surface area contributed by atoms with E-state index in [2.05, 4.69) is 10.3 Å². The number of carbonyl (C=O) groups is 1. The van der Waals surface area contributed by atoms with Crippen molar-refractivity contribution in [2.24, 2.45) is 0 Å². The molecular weight excluding hydrogens is 360 g/mol. The molecule has 7 heteroatoms. The second kappa shape index (κ2) is 7.55. The Hall–Kier alpha value is -2.57. The molecular formula is C18H15ClN2O3S. The summed E-state index contributed by atoms with van der Waals surface area (Å²) in [6.45, 7) is 2.05. The van der Waals surface area contributed by atoms with Crippen LogP contribution in [0.15, 0.2) is 48.5 Å². The molecule has 0 unspecified atom stereocenters. The lowest BCUT2D eigenvalue weighted by Crippen LogP contribution is -2.11. The van der Waals surface area contributed by atoms with Gasteiger partial charge in [0.05, 0.1) is 5.69 Å². The molecule has 5 nitrogen and oxygen atoms in total. The molecule has 25 heavy (non-hydrogen) atoms. The fraction of sp³-hybridized carbons (Fsp3) is 0.111. The maximum atomic E-state index is 12.4. The summed E-state index contributed by atoms with van der Waals surface area (Å²) in [5, 5.41) is 13.6. The molecule has 128 valence electrons. The van der Waals surface area contributed by atoms with E-state index in [1.54, 1.807) is 49.4 Å². The topological polar surface area (TPSA) is 71.5 Å². The lowest BCUT2D eigenvalue weighted by Gasteiger charge is -2.04. The van der Waals surface area contributed by atoms with Gasteiger partial charge in [-0.15, -0.1) is 11.3 Å². The van der Waals surface area contributed by atoms with Crippen molar-refractivity contribution in [1.29, 1.82) is 0 Å². The second-order valence-corrected chi connectivity index (χ2v) is 6.79. The van der Waals surface area contributed by atoms with Crippen molar-refractivity contribution in [1.82, 2.24) is 4.98 Å². The van der Waals surface area contributed by atoms with Crippen molar-refractivity contribution in [2.45, 2.75) is 13.5 Å². The van der Waals surface area contributed by atoms with Gasteiger partial charge in [0.2, 0.25) is 0 Å². The van der Waals surface area contributed by atoms with E-state index in [4.69, 9.17) is 16.3 Å². The minimum atomic E-state index is -0.265. The number of ether oxygens (including phenoxy) is 1. The molecule has 0 bridgehead atoms. The Morgan fingerprint density at radius 2 is 2.04 bits per heavy atom. The first-order valence-corrected chi connectivity index (χ1v) is 8.66. The molecule has 3 aromatic rings. The molecule has 1 amide bonds. The summed E-state index contributed by atoms with van der Waals surface area (Å²) in [6, 6.07) is 13.4.